The summed E-state index contributed by atoms with van der Waals surface area (Å²) in [6, 6.07) is 4.14. The maximum absolute atomic E-state index is 13.2. The van der Waals surface area contributed by atoms with Crippen molar-refractivity contribution >= 4 is 11.6 Å². The van der Waals surface area contributed by atoms with Crippen molar-refractivity contribution in [1.82, 2.24) is 9.91 Å². The molecule has 1 heterocycles. The van der Waals surface area contributed by atoms with Crippen LogP contribution in [-0.2, 0) is 0 Å². The van der Waals surface area contributed by atoms with Crippen LogP contribution in [0.25, 0.3) is 0 Å². The van der Waals surface area contributed by atoms with E-state index in [1.165, 1.54) is 17.1 Å². The predicted octanol–water partition coefficient (Wildman–Crippen LogP) is 1.52. The van der Waals surface area contributed by atoms with Crippen molar-refractivity contribution in [3.05, 3.63) is 33.9 Å². The Kier molecular flexibility index (Phi) is 5.72. The Morgan fingerprint density at radius 1 is 1.38 bits per heavy atom. The van der Waals surface area contributed by atoms with E-state index in [1.807, 2.05) is 4.90 Å². The number of aliphatic hydroxyl groups is 1. The van der Waals surface area contributed by atoms with E-state index in [2.05, 4.69) is 5.29 Å². The molecule has 8 heteroatoms. The Hall–Kier alpha value is -1.44. The van der Waals surface area contributed by atoms with Gasteiger partial charge in [0.2, 0.25) is 0 Å². The van der Waals surface area contributed by atoms with E-state index >= 15 is 0 Å². The van der Waals surface area contributed by atoms with Gasteiger partial charge in [-0.2, -0.15) is 0 Å². The first kappa shape index (κ1) is 15.9. The van der Waals surface area contributed by atoms with Gasteiger partial charge >= 0.3 is 0 Å². The van der Waals surface area contributed by atoms with Crippen molar-refractivity contribution in [3.63, 3.8) is 0 Å². The lowest BCUT2D eigenvalue weighted by Gasteiger charge is -2.32. The Morgan fingerprint density at radius 3 is 2.71 bits per heavy atom. The Morgan fingerprint density at radius 2 is 2.10 bits per heavy atom. The summed E-state index contributed by atoms with van der Waals surface area (Å²) in [5.41, 5.74) is 0. The quantitative estimate of drug-likeness (QED) is 0.806. The van der Waals surface area contributed by atoms with Crippen molar-refractivity contribution in [3.8, 4) is 5.75 Å². The van der Waals surface area contributed by atoms with Gasteiger partial charge in [-0.05, 0) is 12.1 Å². The second kappa shape index (κ2) is 7.53. The van der Waals surface area contributed by atoms with Crippen LogP contribution in [0.2, 0.25) is 5.02 Å². The highest BCUT2D eigenvalue weighted by molar-refractivity contribution is 6.30. The van der Waals surface area contributed by atoms with Crippen molar-refractivity contribution in [1.29, 1.82) is 0 Å². The molecular formula is C13H17ClFN3O3. The summed E-state index contributed by atoms with van der Waals surface area (Å²) in [5.74, 6) is -0.230. The molecule has 1 aromatic rings. The van der Waals surface area contributed by atoms with Crippen LogP contribution in [0.3, 0.4) is 0 Å². The zero-order valence-corrected chi connectivity index (χ0v) is 12.2. The van der Waals surface area contributed by atoms with Crippen LogP contribution >= 0.6 is 11.6 Å². The number of piperazine rings is 1. The maximum atomic E-state index is 13.2. The fourth-order valence-electron chi connectivity index (χ4n) is 2.11. The fraction of sp³-hybridized carbons (Fsp3) is 0.538. The topological polar surface area (TPSA) is 65.4 Å². The molecule has 116 valence electrons. The fourth-order valence-corrected chi connectivity index (χ4v) is 2.23. The number of ether oxygens (including phenoxy) is 1. The molecule has 0 aromatic heterocycles. The number of nitrogens with zero attached hydrogens (tertiary/aromatic N) is 3. The highest BCUT2D eigenvalue weighted by atomic mass is 35.5. The number of β-amino-alcohol motifs (C(OH)–C–C–N with tert-alkyl or cyclic N) is 1. The van der Waals surface area contributed by atoms with Gasteiger partial charge in [-0.1, -0.05) is 11.6 Å². The van der Waals surface area contributed by atoms with E-state index in [1.54, 1.807) is 6.07 Å². The molecule has 21 heavy (non-hydrogen) atoms. The number of hydrogen-bond acceptors (Lipinski definition) is 5. The molecule has 1 N–H and O–H groups in total. The summed E-state index contributed by atoms with van der Waals surface area (Å²) in [6.07, 6.45) is -0.695. The van der Waals surface area contributed by atoms with E-state index in [0.29, 0.717) is 38.5 Å². The van der Waals surface area contributed by atoms with Crippen molar-refractivity contribution < 1.29 is 14.2 Å². The van der Waals surface area contributed by atoms with E-state index < -0.39 is 11.9 Å². The molecule has 1 saturated heterocycles. The number of benzene rings is 1. The zero-order valence-electron chi connectivity index (χ0n) is 11.4. The second-order valence-corrected chi connectivity index (χ2v) is 5.28. The molecule has 6 nitrogen and oxygen atoms in total. The standard InChI is InChI=1S/C13H17ClFN3O3/c14-12-2-1-11(7-13(12)15)21-9-10(19)8-17-3-5-18(16-20)6-4-17/h1-2,7,10,19H,3-6,8-9H2. The predicted molar refractivity (Wildman–Crippen MR) is 76.7 cm³/mol. The van der Waals surface area contributed by atoms with E-state index in [0.717, 1.165) is 0 Å². The summed E-state index contributed by atoms with van der Waals surface area (Å²) >= 11 is 5.58. The van der Waals surface area contributed by atoms with Crippen LogP contribution in [-0.4, -0.2) is 60.4 Å². The molecule has 0 radical (unpaired) electrons. The van der Waals surface area contributed by atoms with Gasteiger partial charge in [-0.25, -0.2) is 4.39 Å². The lowest BCUT2D eigenvalue weighted by Crippen LogP contribution is -2.47. The van der Waals surface area contributed by atoms with Crippen molar-refractivity contribution in [2.24, 2.45) is 5.29 Å². The van der Waals surface area contributed by atoms with Crippen LogP contribution in [0.1, 0.15) is 0 Å². The normalized spacial score (nSPS) is 17.6. The SMILES string of the molecule is O=NN1CCN(CC(O)COc2ccc(Cl)c(F)c2)CC1. The number of aliphatic hydroxyl groups excluding tert-OH is 1. The average molecular weight is 318 g/mol. The Balaban J connectivity index is 1.73. The minimum atomic E-state index is -0.695. The van der Waals surface area contributed by atoms with Gasteiger partial charge in [0.25, 0.3) is 0 Å². The van der Waals surface area contributed by atoms with Gasteiger partial charge in [0.15, 0.2) is 0 Å². The van der Waals surface area contributed by atoms with Gasteiger partial charge in [-0.3, -0.25) is 9.91 Å². The third-order valence-corrected chi connectivity index (χ3v) is 3.57. The van der Waals surface area contributed by atoms with Gasteiger partial charge in [0.05, 0.1) is 23.4 Å². The summed E-state index contributed by atoms with van der Waals surface area (Å²) in [5, 5.41) is 14.3. The summed E-state index contributed by atoms with van der Waals surface area (Å²) in [4.78, 5) is 12.4. The van der Waals surface area contributed by atoms with Gasteiger partial charge < -0.3 is 9.84 Å². The van der Waals surface area contributed by atoms with Gasteiger partial charge in [0, 0.05) is 25.7 Å². The second-order valence-electron chi connectivity index (χ2n) is 4.88. The van der Waals surface area contributed by atoms with Gasteiger partial charge in [-0.15, -0.1) is 4.91 Å². The molecule has 0 bridgehead atoms. The number of hydrogen-bond donors (Lipinski definition) is 1. The lowest BCUT2D eigenvalue weighted by molar-refractivity contribution is 0.0462. The van der Waals surface area contributed by atoms with Crippen LogP contribution in [0.5, 0.6) is 5.75 Å². The number of rotatable bonds is 6. The van der Waals surface area contributed by atoms with E-state index in [9.17, 15) is 14.4 Å². The largest absolute Gasteiger partial charge is 0.491 e. The third kappa shape index (κ3) is 4.80. The first-order valence-corrected chi connectivity index (χ1v) is 7.03. The smallest absolute Gasteiger partial charge is 0.145 e. The molecule has 2 rings (SSSR count). The summed E-state index contributed by atoms with van der Waals surface area (Å²) in [6.45, 7) is 2.94. The molecule has 1 atom stereocenters. The third-order valence-electron chi connectivity index (χ3n) is 3.27. The molecule has 0 aliphatic carbocycles. The van der Waals surface area contributed by atoms with Crippen LogP contribution in [0, 0.1) is 10.7 Å². The summed E-state index contributed by atoms with van der Waals surface area (Å²) in [7, 11) is 0. The van der Waals surface area contributed by atoms with Gasteiger partial charge in [0.1, 0.15) is 24.3 Å². The van der Waals surface area contributed by atoms with Crippen LogP contribution in [0.15, 0.2) is 23.5 Å². The molecule has 0 spiro atoms. The highest BCUT2D eigenvalue weighted by Crippen LogP contribution is 2.20. The minimum Gasteiger partial charge on any atom is -0.491 e. The number of nitroso groups, excluding NO2 is 1. The molecule has 1 aliphatic heterocycles. The summed E-state index contributed by atoms with van der Waals surface area (Å²) < 4.78 is 18.6. The first-order chi connectivity index (χ1) is 10.1. The van der Waals surface area contributed by atoms with E-state index in [4.69, 9.17) is 16.3 Å². The molecule has 1 aromatic carbocycles. The van der Waals surface area contributed by atoms with E-state index in [-0.39, 0.29) is 11.6 Å². The minimum absolute atomic E-state index is 0.0320. The number of halogens is 2. The van der Waals surface area contributed by atoms with Crippen molar-refractivity contribution in [2.45, 2.75) is 6.10 Å². The van der Waals surface area contributed by atoms with Crippen LogP contribution < -0.4 is 4.74 Å². The molecule has 1 unspecified atom stereocenters. The van der Waals surface area contributed by atoms with Crippen LogP contribution in [0.4, 0.5) is 4.39 Å². The van der Waals surface area contributed by atoms with Crippen molar-refractivity contribution in [2.75, 3.05) is 39.3 Å². The maximum Gasteiger partial charge on any atom is 0.145 e. The highest BCUT2D eigenvalue weighted by Gasteiger charge is 2.19. The molecule has 0 amide bonds. The monoisotopic (exact) mass is 317 g/mol. The molecule has 0 saturated carbocycles. The zero-order chi connectivity index (χ0) is 15.2. The molecule has 1 aliphatic rings. The average Bonchev–Trinajstić information content (AvgIpc) is 2.49. The Labute approximate surface area is 127 Å². The lowest BCUT2D eigenvalue weighted by atomic mass is 10.3. The Bertz CT molecular complexity index is 484. The molecular weight excluding hydrogens is 301 g/mol. The molecule has 1 fully saturated rings. The first-order valence-electron chi connectivity index (χ1n) is 6.65.